The molecule has 0 amide bonds. The van der Waals surface area contributed by atoms with E-state index in [1.165, 1.54) is 0 Å². The normalized spacial score (nSPS) is 19.9. The molecule has 0 unspecified atom stereocenters. The van der Waals surface area contributed by atoms with Crippen molar-refractivity contribution in [3.63, 3.8) is 0 Å². The maximum atomic E-state index is 12.3. The van der Waals surface area contributed by atoms with Crippen LogP contribution in [0.15, 0.2) is 29.2 Å². The Morgan fingerprint density at radius 1 is 1.29 bits per heavy atom. The second kappa shape index (κ2) is 4.51. The Labute approximate surface area is 116 Å². The minimum absolute atomic E-state index is 0.134. The molecule has 5 heteroatoms. The van der Waals surface area contributed by atoms with Crippen molar-refractivity contribution in [3.05, 3.63) is 29.8 Å². The van der Waals surface area contributed by atoms with Crippen LogP contribution in [0.3, 0.4) is 0 Å². The maximum Gasteiger partial charge on any atom is 0.243 e. The van der Waals surface area contributed by atoms with Crippen LogP contribution in [0.5, 0.6) is 0 Å². The Morgan fingerprint density at radius 2 is 1.82 bits per heavy atom. The molecule has 0 aliphatic carbocycles. The molecular weight excluding hydrogens is 349 g/mol. The van der Waals surface area contributed by atoms with Crippen molar-refractivity contribution in [3.8, 4) is 0 Å². The van der Waals surface area contributed by atoms with E-state index in [1.54, 1.807) is 16.4 Å². The van der Waals surface area contributed by atoms with Crippen LogP contribution in [0.4, 0.5) is 0 Å². The highest BCUT2D eigenvalue weighted by Gasteiger charge is 2.45. The lowest BCUT2D eigenvalue weighted by Crippen LogP contribution is -2.59. The fourth-order valence-electron chi connectivity index (χ4n) is 1.84. The van der Waals surface area contributed by atoms with Crippen molar-refractivity contribution in [1.82, 2.24) is 4.31 Å². The Hall–Kier alpha value is -0.140. The van der Waals surface area contributed by atoms with Gasteiger partial charge in [0.1, 0.15) is 0 Å². The molecule has 0 atom stereocenters. The predicted octanol–water partition coefficient (Wildman–Crippen LogP) is 2.58. The summed E-state index contributed by atoms with van der Waals surface area (Å²) in [5, 5.41) is 0. The van der Waals surface area contributed by atoms with Crippen molar-refractivity contribution in [2.75, 3.05) is 13.1 Å². The van der Waals surface area contributed by atoms with Gasteiger partial charge in [0.2, 0.25) is 10.0 Å². The van der Waals surface area contributed by atoms with Crippen LogP contribution in [-0.2, 0) is 10.0 Å². The Morgan fingerprint density at radius 3 is 2.29 bits per heavy atom. The van der Waals surface area contributed by atoms with Crippen molar-refractivity contribution in [1.29, 1.82) is 0 Å². The molecule has 0 aromatic heterocycles. The Balaban J connectivity index is 2.19. The van der Waals surface area contributed by atoms with Gasteiger partial charge in [-0.15, -0.1) is 0 Å². The first kappa shape index (κ1) is 13.3. The van der Waals surface area contributed by atoms with E-state index in [0.717, 1.165) is 12.0 Å². The van der Waals surface area contributed by atoms with Crippen molar-refractivity contribution >= 4 is 32.6 Å². The van der Waals surface area contributed by atoms with Crippen molar-refractivity contribution < 1.29 is 8.42 Å². The van der Waals surface area contributed by atoms with Crippen molar-refractivity contribution in [2.24, 2.45) is 0 Å². The third-order valence-corrected chi connectivity index (χ3v) is 6.46. The number of aryl methyl sites for hydroxylation is 1. The summed E-state index contributed by atoms with van der Waals surface area (Å²) in [4.78, 5) is 0.401. The Kier molecular flexibility index (Phi) is 3.53. The highest BCUT2D eigenvalue weighted by atomic mass is 127. The number of sulfonamides is 1. The molecule has 3 nitrogen and oxygen atoms in total. The van der Waals surface area contributed by atoms with Crippen LogP contribution in [0.25, 0.3) is 0 Å². The lowest BCUT2D eigenvalue weighted by molar-refractivity contribution is 0.242. The molecule has 1 aliphatic rings. The van der Waals surface area contributed by atoms with Crippen LogP contribution in [-0.4, -0.2) is 29.2 Å². The summed E-state index contributed by atoms with van der Waals surface area (Å²) >= 11 is 2.36. The standard InChI is InChI=1S/C12H16INO2S/c1-3-12(13)8-14(9-12)17(15,16)11-6-4-10(2)5-7-11/h4-7H,3,8-9H2,1-2H3. The quantitative estimate of drug-likeness (QED) is 0.610. The van der Waals surface area contributed by atoms with Crippen LogP contribution in [0, 0.1) is 6.92 Å². The smallest absolute Gasteiger partial charge is 0.207 e. The fourth-order valence-corrected chi connectivity index (χ4v) is 4.74. The van der Waals surface area contributed by atoms with Crippen LogP contribution in [0.2, 0.25) is 0 Å². The average Bonchev–Trinajstić information content (AvgIpc) is 2.25. The molecule has 1 fully saturated rings. The van der Waals surface area contributed by atoms with Gasteiger partial charge in [0.05, 0.1) is 4.90 Å². The number of benzene rings is 1. The molecule has 17 heavy (non-hydrogen) atoms. The summed E-state index contributed by atoms with van der Waals surface area (Å²) in [6.07, 6.45) is 1.01. The maximum absolute atomic E-state index is 12.3. The number of alkyl halides is 1. The van der Waals surface area contributed by atoms with Gasteiger partial charge in [0.25, 0.3) is 0 Å². The second-order valence-corrected chi connectivity index (χ2v) is 8.82. The first-order chi connectivity index (χ1) is 7.87. The van der Waals surface area contributed by atoms with Gasteiger partial charge >= 0.3 is 0 Å². The molecule has 1 saturated heterocycles. The number of rotatable bonds is 3. The lowest BCUT2D eigenvalue weighted by Gasteiger charge is -2.44. The topological polar surface area (TPSA) is 37.4 Å². The zero-order chi connectivity index (χ0) is 12.7. The highest BCUT2D eigenvalue weighted by Crippen LogP contribution is 2.37. The first-order valence-electron chi connectivity index (χ1n) is 5.63. The van der Waals surface area contributed by atoms with Gasteiger partial charge in [-0.05, 0) is 25.5 Å². The van der Waals surface area contributed by atoms with Gasteiger partial charge in [-0.25, -0.2) is 8.42 Å². The zero-order valence-electron chi connectivity index (χ0n) is 9.98. The third-order valence-electron chi connectivity index (χ3n) is 3.21. The largest absolute Gasteiger partial charge is 0.243 e. The minimum Gasteiger partial charge on any atom is -0.207 e. The minimum atomic E-state index is -3.27. The molecule has 0 radical (unpaired) electrons. The van der Waals surface area contributed by atoms with E-state index < -0.39 is 10.0 Å². The lowest BCUT2D eigenvalue weighted by atomic mass is 10.0. The molecule has 2 rings (SSSR count). The summed E-state index contributed by atoms with van der Waals surface area (Å²) in [5.74, 6) is 0. The predicted molar refractivity (Wildman–Crippen MR) is 77.0 cm³/mol. The van der Waals surface area contributed by atoms with E-state index in [9.17, 15) is 8.42 Å². The molecule has 0 saturated carbocycles. The number of nitrogens with zero attached hydrogens (tertiary/aromatic N) is 1. The summed E-state index contributed by atoms with van der Waals surface area (Å²) < 4.78 is 26.2. The monoisotopic (exact) mass is 365 g/mol. The number of hydrogen-bond acceptors (Lipinski definition) is 2. The fraction of sp³-hybridized carbons (Fsp3) is 0.500. The number of halogens is 1. The van der Waals surface area contributed by atoms with Crippen LogP contribution >= 0.6 is 22.6 Å². The van der Waals surface area contributed by atoms with E-state index in [0.29, 0.717) is 18.0 Å². The van der Waals surface area contributed by atoms with Gasteiger partial charge in [0, 0.05) is 16.5 Å². The Bertz CT molecular complexity index is 504. The first-order valence-corrected chi connectivity index (χ1v) is 8.15. The van der Waals surface area contributed by atoms with E-state index in [-0.39, 0.29) is 3.42 Å². The van der Waals surface area contributed by atoms with Gasteiger partial charge in [-0.2, -0.15) is 4.31 Å². The summed E-state index contributed by atoms with van der Waals surface area (Å²) in [6.45, 7) is 5.30. The van der Waals surface area contributed by atoms with E-state index >= 15 is 0 Å². The molecule has 0 spiro atoms. The third kappa shape index (κ3) is 2.51. The van der Waals surface area contributed by atoms with Crippen molar-refractivity contribution in [2.45, 2.75) is 28.6 Å². The highest BCUT2D eigenvalue weighted by molar-refractivity contribution is 14.1. The van der Waals surface area contributed by atoms with E-state index in [4.69, 9.17) is 0 Å². The van der Waals surface area contributed by atoms with E-state index in [2.05, 4.69) is 29.5 Å². The van der Waals surface area contributed by atoms with Crippen LogP contribution < -0.4 is 0 Å². The second-order valence-electron chi connectivity index (χ2n) is 4.59. The summed E-state index contributed by atoms with van der Waals surface area (Å²) in [7, 11) is -3.27. The zero-order valence-corrected chi connectivity index (χ0v) is 13.0. The molecular formula is C12H16INO2S. The summed E-state index contributed by atoms with van der Waals surface area (Å²) in [5.41, 5.74) is 1.07. The molecule has 1 aromatic rings. The average molecular weight is 365 g/mol. The van der Waals surface area contributed by atoms with Gasteiger partial charge in [-0.3, -0.25) is 0 Å². The van der Waals surface area contributed by atoms with Crippen LogP contribution in [0.1, 0.15) is 18.9 Å². The molecule has 1 heterocycles. The SMILES string of the molecule is CCC1(I)CN(S(=O)(=O)c2ccc(C)cc2)C1. The molecule has 1 aliphatic heterocycles. The molecule has 0 N–H and O–H groups in total. The molecule has 0 bridgehead atoms. The summed E-state index contributed by atoms with van der Waals surface area (Å²) in [6, 6.07) is 7.04. The molecule has 1 aromatic carbocycles. The van der Waals surface area contributed by atoms with Gasteiger partial charge < -0.3 is 0 Å². The number of hydrogen-bond donors (Lipinski definition) is 0. The van der Waals surface area contributed by atoms with Gasteiger partial charge in [-0.1, -0.05) is 47.2 Å². The van der Waals surface area contributed by atoms with Gasteiger partial charge in [0.15, 0.2) is 0 Å². The molecule has 94 valence electrons. The van der Waals surface area contributed by atoms with E-state index in [1.807, 2.05) is 19.1 Å².